The molecule has 0 saturated carbocycles. The molecule has 0 amide bonds. The number of hydrogen-bond acceptors (Lipinski definition) is 6. The summed E-state index contributed by atoms with van der Waals surface area (Å²) in [5, 5.41) is 15.1. The molecule has 4 heterocycles. The maximum Gasteiger partial charge on any atom is 0.180 e. The molecule has 37 heavy (non-hydrogen) atoms. The summed E-state index contributed by atoms with van der Waals surface area (Å²) in [6.07, 6.45) is 3.63. The van der Waals surface area contributed by atoms with Crippen LogP contribution in [-0.2, 0) is 12.6 Å². The van der Waals surface area contributed by atoms with Crippen molar-refractivity contribution in [3.8, 4) is 11.1 Å². The van der Waals surface area contributed by atoms with Crippen molar-refractivity contribution >= 4 is 49.6 Å². The van der Waals surface area contributed by atoms with Crippen LogP contribution < -0.4 is 5.73 Å². The summed E-state index contributed by atoms with van der Waals surface area (Å²) in [5.41, 5.74) is 11.8. The number of aromatic nitrogens is 6. The van der Waals surface area contributed by atoms with E-state index in [-0.39, 0.29) is 0 Å². The lowest BCUT2D eigenvalue weighted by molar-refractivity contribution is 0.608. The highest BCUT2D eigenvalue weighted by Crippen LogP contribution is 2.42. The molecule has 7 nitrogen and oxygen atoms in total. The second-order valence-corrected chi connectivity index (χ2v) is 10.6. The lowest BCUT2D eigenvalue weighted by Crippen LogP contribution is -2.40. The number of rotatable bonds is 4. The zero-order valence-corrected chi connectivity index (χ0v) is 21.3. The number of halogens is 1. The average Bonchev–Trinajstić information content (AvgIpc) is 3.67. The first-order valence-corrected chi connectivity index (χ1v) is 12.9. The fraction of sp³-hybridized carbons (Fsp3) is 0.0714. The van der Waals surface area contributed by atoms with Gasteiger partial charge >= 0.3 is 0 Å². The molecule has 0 spiro atoms. The smallest absolute Gasteiger partial charge is 0.180 e. The summed E-state index contributed by atoms with van der Waals surface area (Å²) in [6.45, 7) is 0. The minimum Gasteiger partial charge on any atom is -0.335 e. The number of thiophene rings is 1. The van der Waals surface area contributed by atoms with Gasteiger partial charge in [0.25, 0.3) is 0 Å². The monoisotopic (exact) mass is 521 g/mol. The van der Waals surface area contributed by atoms with E-state index < -0.39 is 5.54 Å². The number of benzene rings is 3. The van der Waals surface area contributed by atoms with Gasteiger partial charge in [0.2, 0.25) is 0 Å². The molecule has 0 bridgehead atoms. The highest BCUT2D eigenvalue weighted by atomic mass is 35.5. The molecule has 7 aromatic rings. The van der Waals surface area contributed by atoms with Gasteiger partial charge in [0, 0.05) is 27.0 Å². The minimum atomic E-state index is -0.940. The number of aryl methyl sites for hydroxylation is 1. The Labute approximate surface area is 220 Å². The Morgan fingerprint density at radius 1 is 0.973 bits per heavy atom. The van der Waals surface area contributed by atoms with Crippen molar-refractivity contribution in [2.24, 2.45) is 12.8 Å². The molecule has 7 rings (SSSR count). The van der Waals surface area contributed by atoms with Gasteiger partial charge in [-0.25, -0.2) is 4.98 Å². The number of hydrogen-bond donors (Lipinski definition) is 1. The third-order valence-electron chi connectivity index (χ3n) is 6.91. The normalized spacial score (nSPS) is 13.5. The number of tetrazole rings is 1. The molecule has 0 radical (unpaired) electrons. The van der Waals surface area contributed by atoms with Crippen molar-refractivity contribution in [3.05, 3.63) is 113 Å². The van der Waals surface area contributed by atoms with Gasteiger partial charge in [-0.1, -0.05) is 48.0 Å². The van der Waals surface area contributed by atoms with Crippen LogP contribution in [0, 0.1) is 0 Å². The van der Waals surface area contributed by atoms with Crippen molar-refractivity contribution in [1.29, 1.82) is 0 Å². The van der Waals surface area contributed by atoms with Gasteiger partial charge in [-0.3, -0.25) is 0 Å². The predicted octanol–water partition coefficient (Wildman–Crippen LogP) is 5.80. The van der Waals surface area contributed by atoms with Crippen molar-refractivity contribution in [1.82, 2.24) is 29.6 Å². The van der Waals surface area contributed by atoms with E-state index in [9.17, 15) is 0 Å². The van der Waals surface area contributed by atoms with Crippen molar-refractivity contribution in [2.45, 2.75) is 5.54 Å². The van der Waals surface area contributed by atoms with Gasteiger partial charge < -0.3 is 10.3 Å². The Bertz CT molecular complexity index is 1920. The maximum absolute atomic E-state index is 7.45. The second-order valence-electron chi connectivity index (χ2n) is 9.10. The van der Waals surface area contributed by atoms with E-state index in [4.69, 9.17) is 17.3 Å². The molecule has 3 aromatic carbocycles. The minimum absolute atomic E-state index is 0.658. The van der Waals surface area contributed by atoms with Gasteiger partial charge in [-0.2, -0.15) is 4.52 Å². The number of fused-ring (bicyclic) bond motifs is 4. The molecule has 0 aliphatic heterocycles. The van der Waals surface area contributed by atoms with E-state index >= 15 is 0 Å². The first kappa shape index (κ1) is 22.1. The highest BCUT2D eigenvalue weighted by Gasteiger charge is 2.37. The zero-order chi connectivity index (χ0) is 25.1. The molecule has 0 aliphatic carbocycles. The number of imidazole rings is 1. The lowest BCUT2D eigenvalue weighted by Gasteiger charge is -2.30. The van der Waals surface area contributed by atoms with Crippen molar-refractivity contribution < 1.29 is 0 Å². The summed E-state index contributed by atoms with van der Waals surface area (Å²) in [6, 6.07) is 26.5. The number of nitrogens with two attached hydrogens (primary N) is 1. The Morgan fingerprint density at radius 3 is 2.68 bits per heavy atom. The first-order chi connectivity index (χ1) is 18.0. The van der Waals surface area contributed by atoms with E-state index in [1.165, 1.54) is 4.70 Å². The molecule has 1 atom stereocenters. The van der Waals surface area contributed by atoms with Crippen LogP contribution in [0.1, 0.15) is 16.1 Å². The molecular weight excluding hydrogens is 502 g/mol. The molecule has 0 aliphatic rings. The Kier molecular flexibility index (Phi) is 4.91. The van der Waals surface area contributed by atoms with Crippen LogP contribution in [-0.4, -0.2) is 29.6 Å². The van der Waals surface area contributed by atoms with Crippen LogP contribution in [0.25, 0.3) is 37.8 Å². The third-order valence-corrected chi connectivity index (χ3v) is 8.39. The molecule has 0 fully saturated rings. The van der Waals surface area contributed by atoms with Gasteiger partial charge in [-0.05, 0) is 75.0 Å². The predicted molar refractivity (Wildman–Crippen MR) is 148 cm³/mol. The largest absolute Gasteiger partial charge is 0.335 e. The van der Waals surface area contributed by atoms with Crippen LogP contribution in [0.4, 0.5) is 0 Å². The fourth-order valence-corrected chi connectivity index (χ4v) is 6.46. The average molecular weight is 522 g/mol. The van der Waals surface area contributed by atoms with E-state index in [1.54, 1.807) is 22.2 Å². The molecule has 9 heteroatoms. The van der Waals surface area contributed by atoms with Crippen LogP contribution in [0.15, 0.2) is 91.4 Å². The highest BCUT2D eigenvalue weighted by molar-refractivity contribution is 7.19. The number of nitrogens with zero attached hydrogens (tertiary/aromatic N) is 6. The number of pyridine rings is 1. The first-order valence-electron chi connectivity index (χ1n) is 11.7. The van der Waals surface area contributed by atoms with Crippen LogP contribution >= 0.6 is 22.9 Å². The van der Waals surface area contributed by atoms with Gasteiger partial charge in [-0.15, -0.1) is 16.4 Å². The second kappa shape index (κ2) is 8.21. The Morgan fingerprint density at radius 2 is 1.86 bits per heavy atom. The van der Waals surface area contributed by atoms with E-state index in [0.29, 0.717) is 10.7 Å². The topological polar surface area (TPSA) is 86.9 Å². The summed E-state index contributed by atoms with van der Waals surface area (Å²) < 4.78 is 4.91. The molecule has 0 saturated heterocycles. The Hall–Kier alpha value is -4.11. The van der Waals surface area contributed by atoms with E-state index in [0.717, 1.165) is 43.6 Å². The molecule has 2 N–H and O–H groups in total. The molecule has 180 valence electrons. The standard InChI is InChI=1S/C28H20ClN7S/c1-35-16-31-15-25(35)28(30,26-12-18-5-2-3-8-24(18)37-26)19-9-10-23-22(13-19)21(14-27-32-33-34-36(23)27)17-6-4-7-20(29)11-17/h2-16H,30H2,1H3. The summed E-state index contributed by atoms with van der Waals surface area (Å²) in [4.78, 5) is 5.44. The summed E-state index contributed by atoms with van der Waals surface area (Å²) in [5.74, 6) is 0. The fourth-order valence-electron chi connectivity index (χ4n) is 5.07. The van der Waals surface area contributed by atoms with Crippen LogP contribution in [0.2, 0.25) is 5.02 Å². The molecule has 4 aromatic heterocycles. The molecule has 1 unspecified atom stereocenters. The third kappa shape index (κ3) is 3.37. The van der Waals surface area contributed by atoms with E-state index in [2.05, 4.69) is 56.9 Å². The lowest BCUT2D eigenvalue weighted by atomic mass is 9.84. The quantitative estimate of drug-likeness (QED) is 0.316. The SMILES string of the molecule is Cn1cncc1C(N)(c1ccc2c(c1)c(-c1cccc(Cl)c1)cc1nnnn12)c1cc2ccccc2s1. The van der Waals surface area contributed by atoms with Crippen molar-refractivity contribution in [2.75, 3.05) is 0 Å². The van der Waals surface area contributed by atoms with E-state index in [1.807, 2.05) is 60.3 Å². The van der Waals surface area contributed by atoms with Crippen LogP contribution in [0.5, 0.6) is 0 Å². The van der Waals surface area contributed by atoms with Gasteiger partial charge in [0.15, 0.2) is 5.65 Å². The van der Waals surface area contributed by atoms with Crippen molar-refractivity contribution in [3.63, 3.8) is 0 Å². The Balaban J connectivity index is 1.55. The zero-order valence-electron chi connectivity index (χ0n) is 19.7. The summed E-state index contributed by atoms with van der Waals surface area (Å²) >= 11 is 8.07. The maximum atomic E-state index is 7.45. The summed E-state index contributed by atoms with van der Waals surface area (Å²) in [7, 11) is 1.97. The molecular formula is C28H20ClN7S. The van der Waals surface area contributed by atoms with Gasteiger partial charge in [0.05, 0.1) is 23.7 Å². The van der Waals surface area contributed by atoms with Gasteiger partial charge in [0.1, 0.15) is 5.54 Å². The van der Waals surface area contributed by atoms with Crippen LogP contribution in [0.3, 0.4) is 0 Å².